The lowest BCUT2D eigenvalue weighted by Crippen LogP contribution is -2.12. The highest BCUT2D eigenvalue weighted by atomic mass is 35.5. The monoisotopic (exact) mass is 459 g/mol. The number of rotatable bonds is 7. The van der Waals surface area contributed by atoms with E-state index in [0.29, 0.717) is 34.3 Å². The number of carbonyl (C=O) groups is 1. The Labute approximate surface area is 186 Å². The Morgan fingerprint density at radius 1 is 1.13 bits per heavy atom. The van der Waals surface area contributed by atoms with Crippen LogP contribution in [0, 0.1) is 13.8 Å². The molecule has 0 aliphatic rings. The zero-order chi connectivity index (χ0) is 22.6. The van der Waals surface area contributed by atoms with Gasteiger partial charge in [-0.3, -0.25) is 9.52 Å². The number of anilines is 2. The van der Waals surface area contributed by atoms with E-state index in [1.807, 2.05) is 6.92 Å². The second kappa shape index (κ2) is 9.36. The van der Waals surface area contributed by atoms with Gasteiger partial charge in [0.1, 0.15) is 11.4 Å². The van der Waals surface area contributed by atoms with Crippen LogP contribution in [0.25, 0.3) is 12.2 Å². The fraction of sp³-hybridized carbons (Fsp3) is 0.182. The average molecular weight is 460 g/mol. The molecule has 0 radical (unpaired) electrons. The molecule has 2 aromatic carbocycles. The number of nitrogens with one attached hydrogen (secondary N) is 2. The Morgan fingerprint density at radius 3 is 2.48 bits per heavy atom. The maximum Gasteiger partial charge on any atom is 0.261 e. The molecule has 0 saturated heterocycles. The van der Waals surface area contributed by atoms with E-state index in [1.54, 1.807) is 56.3 Å². The van der Waals surface area contributed by atoms with Crippen LogP contribution in [0.5, 0.6) is 0 Å². The van der Waals surface area contributed by atoms with Gasteiger partial charge in [0.2, 0.25) is 5.91 Å². The molecule has 0 atom stereocenters. The minimum atomic E-state index is -3.76. The molecule has 1 aromatic heterocycles. The summed E-state index contributed by atoms with van der Waals surface area (Å²) in [7, 11) is -3.76. The fourth-order valence-electron chi connectivity index (χ4n) is 2.68. The number of aromatic nitrogens is 1. The maximum atomic E-state index is 12.6. The summed E-state index contributed by atoms with van der Waals surface area (Å²) in [6.45, 7) is 5.33. The Bertz CT molecular complexity index is 1230. The van der Waals surface area contributed by atoms with Crippen LogP contribution in [0.15, 0.2) is 51.9 Å². The van der Waals surface area contributed by atoms with Gasteiger partial charge in [0, 0.05) is 11.4 Å². The summed E-state index contributed by atoms with van der Waals surface area (Å²) in [4.78, 5) is 11.8. The van der Waals surface area contributed by atoms with E-state index in [2.05, 4.69) is 15.2 Å². The average Bonchev–Trinajstić information content (AvgIpc) is 3.08. The summed E-state index contributed by atoms with van der Waals surface area (Å²) in [5.74, 6) is 0.270. The first-order valence-electron chi connectivity index (χ1n) is 9.53. The van der Waals surface area contributed by atoms with Gasteiger partial charge in [-0.2, -0.15) is 0 Å². The topological polar surface area (TPSA) is 101 Å². The summed E-state index contributed by atoms with van der Waals surface area (Å²) in [6.07, 6.45) is 3.75. The molecular formula is C22H22ClN3O4S. The van der Waals surface area contributed by atoms with Gasteiger partial charge in [-0.05, 0) is 55.3 Å². The van der Waals surface area contributed by atoms with E-state index in [0.717, 1.165) is 11.1 Å². The first-order valence-corrected chi connectivity index (χ1v) is 11.4. The van der Waals surface area contributed by atoms with Crippen LogP contribution in [0.2, 0.25) is 5.02 Å². The molecule has 0 bridgehead atoms. The predicted octanol–water partition coefficient (Wildman–Crippen LogP) is 5.26. The second-order valence-corrected chi connectivity index (χ2v) is 8.97. The SMILES string of the molecule is CCC(=O)Nc1c(C)noc1C=Cc1ccc(S(=O)(=O)Nc2ccc(C)c(Cl)c2)cc1. The molecule has 0 unspecified atom stereocenters. The van der Waals surface area contributed by atoms with E-state index in [-0.39, 0.29) is 10.8 Å². The van der Waals surface area contributed by atoms with Crippen molar-refractivity contribution in [2.45, 2.75) is 32.1 Å². The molecule has 0 aliphatic heterocycles. The quantitative estimate of drug-likeness (QED) is 0.501. The van der Waals surface area contributed by atoms with Crippen molar-refractivity contribution in [2.75, 3.05) is 10.0 Å². The third-order valence-electron chi connectivity index (χ3n) is 4.52. The Morgan fingerprint density at radius 2 is 1.84 bits per heavy atom. The molecule has 1 heterocycles. The molecule has 1 amide bonds. The van der Waals surface area contributed by atoms with Crippen molar-refractivity contribution in [2.24, 2.45) is 0 Å². The van der Waals surface area contributed by atoms with Crippen molar-refractivity contribution in [3.05, 3.63) is 70.1 Å². The molecular weight excluding hydrogens is 438 g/mol. The van der Waals surface area contributed by atoms with Gasteiger partial charge in [0.05, 0.1) is 10.6 Å². The number of aryl methyl sites for hydroxylation is 2. The van der Waals surface area contributed by atoms with Crippen molar-refractivity contribution < 1.29 is 17.7 Å². The Kier molecular flexibility index (Phi) is 6.82. The number of benzene rings is 2. The molecule has 3 aromatic rings. The molecule has 0 saturated carbocycles. The van der Waals surface area contributed by atoms with Gasteiger partial charge < -0.3 is 9.84 Å². The van der Waals surface area contributed by atoms with E-state index in [1.165, 1.54) is 12.1 Å². The Balaban J connectivity index is 1.76. The van der Waals surface area contributed by atoms with Gasteiger partial charge in [-0.25, -0.2) is 8.42 Å². The van der Waals surface area contributed by atoms with Crippen LogP contribution in [-0.2, 0) is 14.8 Å². The number of nitrogens with zero attached hydrogens (tertiary/aromatic N) is 1. The van der Waals surface area contributed by atoms with E-state index in [9.17, 15) is 13.2 Å². The van der Waals surface area contributed by atoms with Crippen LogP contribution >= 0.6 is 11.6 Å². The smallest absolute Gasteiger partial charge is 0.261 e. The first kappa shape index (κ1) is 22.6. The molecule has 9 heteroatoms. The van der Waals surface area contributed by atoms with Gasteiger partial charge >= 0.3 is 0 Å². The van der Waals surface area contributed by atoms with Crippen molar-refractivity contribution in [3.63, 3.8) is 0 Å². The van der Waals surface area contributed by atoms with E-state index in [4.69, 9.17) is 16.1 Å². The van der Waals surface area contributed by atoms with E-state index < -0.39 is 10.0 Å². The first-order chi connectivity index (χ1) is 14.7. The van der Waals surface area contributed by atoms with Crippen LogP contribution in [0.1, 0.15) is 35.9 Å². The molecule has 31 heavy (non-hydrogen) atoms. The number of halogens is 1. The zero-order valence-corrected chi connectivity index (χ0v) is 18.8. The van der Waals surface area contributed by atoms with Crippen LogP contribution in [0.3, 0.4) is 0 Å². The molecule has 0 fully saturated rings. The van der Waals surface area contributed by atoms with Crippen molar-refractivity contribution in [3.8, 4) is 0 Å². The van der Waals surface area contributed by atoms with Gasteiger partial charge in [0.25, 0.3) is 10.0 Å². The highest BCUT2D eigenvalue weighted by Crippen LogP contribution is 2.24. The third kappa shape index (κ3) is 5.53. The number of hydrogen-bond acceptors (Lipinski definition) is 5. The third-order valence-corrected chi connectivity index (χ3v) is 6.32. The summed E-state index contributed by atoms with van der Waals surface area (Å²) < 4.78 is 33.0. The summed E-state index contributed by atoms with van der Waals surface area (Å²) in [6, 6.07) is 11.3. The molecule has 0 spiro atoms. The lowest BCUT2D eigenvalue weighted by Gasteiger charge is -2.09. The number of amides is 1. The number of carbonyl (C=O) groups excluding carboxylic acids is 1. The predicted molar refractivity (Wildman–Crippen MR) is 123 cm³/mol. The summed E-state index contributed by atoms with van der Waals surface area (Å²) in [5.41, 5.74) is 3.09. The minimum Gasteiger partial charge on any atom is -0.354 e. The van der Waals surface area contributed by atoms with Crippen LogP contribution in [-0.4, -0.2) is 19.5 Å². The fourth-order valence-corrected chi connectivity index (χ4v) is 3.91. The van der Waals surface area contributed by atoms with Crippen LogP contribution in [0.4, 0.5) is 11.4 Å². The van der Waals surface area contributed by atoms with E-state index >= 15 is 0 Å². The van der Waals surface area contributed by atoms with Crippen LogP contribution < -0.4 is 10.0 Å². The lowest BCUT2D eigenvalue weighted by atomic mass is 10.2. The van der Waals surface area contributed by atoms with Gasteiger partial charge in [-0.15, -0.1) is 0 Å². The highest BCUT2D eigenvalue weighted by Gasteiger charge is 2.15. The minimum absolute atomic E-state index is 0.118. The van der Waals surface area contributed by atoms with Gasteiger partial charge in [0.15, 0.2) is 5.76 Å². The van der Waals surface area contributed by atoms with Crippen molar-refractivity contribution in [1.29, 1.82) is 0 Å². The van der Waals surface area contributed by atoms with Gasteiger partial charge in [-0.1, -0.05) is 48.0 Å². The normalized spacial score (nSPS) is 11.6. The molecule has 7 nitrogen and oxygen atoms in total. The maximum absolute atomic E-state index is 12.6. The summed E-state index contributed by atoms with van der Waals surface area (Å²) >= 11 is 6.07. The zero-order valence-electron chi connectivity index (χ0n) is 17.3. The van der Waals surface area contributed by atoms with Crippen molar-refractivity contribution >= 4 is 51.1 Å². The summed E-state index contributed by atoms with van der Waals surface area (Å²) in [5, 5.41) is 7.12. The molecule has 3 rings (SSSR count). The molecule has 2 N–H and O–H groups in total. The molecule has 162 valence electrons. The van der Waals surface area contributed by atoms with Crippen molar-refractivity contribution in [1.82, 2.24) is 5.16 Å². The number of hydrogen-bond donors (Lipinski definition) is 2. The lowest BCUT2D eigenvalue weighted by molar-refractivity contribution is -0.115. The second-order valence-electron chi connectivity index (χ2n) is 6.88. The molecule has 0 aliphatic carbocycles. The Hall–Kier alpha value is -3.10. The standard InChI is InChI=1S/C22H22ClN3O4S/c1-4-21(27)24-22-15(3)25-30-20(22)12-8-16-6-10-18(11-7-16)31(28,29)26-17-9-5-14(2)19(23)13-17/h5-13,26H,4H2,1-3H3,(H,24,27). The highest BCUT2D eigenvalue weighted by molar-refractivity contribution is 7.92. The largest absolute Gasteiger partial charge is 0.354 e. The number of sulfonamides is 1.